The Bertz CT molecular complexity index is 747. The number of halogens is 1. The molecule has 2 heterocycles. The molecule has 0 unspecified atom stereocenters. The van der Waals surface area contributed by atoms with E-state index in [1.807, 2.05) is 4.90 Å². The number of carbonyl (C=O) groups excluding carboxylic acids is 2. The third-order valence-electron chi connectivity index (χ3n) is 5.63. The van der Waals surface area contributed by atoms with E-state index in [9.17, 15) is 9.59 Å². The zero-order valence-electron chi connectivity index (χ0n) is 17.0. The second-order valence-electron chi connectivity index (χ2n) is 7.86. The van der Waals surface area contributed by atoms with Gasteiger partial charge in [-0.15, -0.1) is 0 Å². The fraction of sp³-hybridized carbons (Fsp3) is 0.591. The Balaban J connectivity index is 1.50. The summed E-state index contributed by atoms with van der Waals surface area (Å²) >= 11 is 6.36. The molecular formula is C22H30ClN3O3. The van der Waals surface area contributed by atoms with E-state index in [2.05, 4.69) is 10.3 Å². The Morgan fingerprint density at radius 3 is 2.83 bits per heavy atom. The predicted octanol–water partition coefficient (Wildman–Crippen LogP) is 4.29. The van der Waals surface area contributed by atoms with Crippen molar-refractivity contribution in [2.75, 3.05) is 25.0 Å². The van der Waals surface area contributed by atoms with Crippen LogP contribution in [0.15, 0.2) is 18.3 Å². The third-order valence-corrected chi connectivity index (χ3v) is 5.92. The Labute approximate surface area is 177 Å². The number of aromatic nitrogens is 1. The van der Waals surface area contributed by atoms with E-state index in [0.29, 0.717) is 36.3 Å². The van der Waals surface area contributed by atoms with E-state index in [4.69, 9.17) is 16.3 Å². The third kappa shape index (κ3) is 6.46. The maximum atomic E-state index is 12.6. The van der Waals surface area contributed by atoms with Crippen LogP contribution in [0.5, 0.6) is 0 Å². The quantitative estimate of drug-likeness (QED) is 0.527. The van der Waals surface area contributed by atoms with Crippen molar-refractivity contribution >= 4 is 35.4 Å². The molecule has 158 valence electrons. The summed E-state index contributed by atoms with van der Waals surface area (Å²) in [5.74, 6) is 1.05. The van der Waals surface area contributed by atoms with Gasteiger partial charge in [-0.25, -0.2) is 9.78 Å². The van der Waals surface area contributed by atoms with Crippen molar-refractivity contribution < 1.29 is 14.3 Å². The van der Waals surface area contributed by atoms with Crippen LogP contribution in [0.2, 0.25) is 5.02 Å². The zero-order chi connectivity index (χ0) is 20.6. The molecule has 0 spiro atoms. The highest BCUT2D eigenvalue weighted by Crippen LogP contribution is 2.28. The van der Waals surface area contributed by atoms with Gasteiger partial charge in [-0.1, -0.05) is 30.9 Å². The van der Waals surface area contributed by atoms with Crippen molar-refractivity contribution in [3.05, 3.63) is 28.9 Å². The largest absolute Gasteiger partial charge is 0.463 e. The molecule has 2 aliphatic rings. The fourth-order valence-electron chi connectivity index (χ4n) is 4.07. The molecule has 0 bridgehead atoms. The van der Waals surface area contributed by atoms with Gasteiger partial charge in [-0.3, -0.25) is 4.79 Å². The van der Waals surface area contributed by atoms with Crippen molar-refractivity contribution in [2.24, 2.45) is 5.92 Å². The standard InChI is InChI=1S/C22H30ClN3O3/c1-2-29-21(28)9-8-17-12-19(23)22(24-14-17)25-18-10-11-26(15-18)20(27)13-16-6-4-3-5-7-16/h8-9,12,14,16,18H,2-7,10-11,13,15H2,1H3,(H,24,25)/t18-/m1/s1. The second kappa shape index (κ2) is 10.6. The highest BCUT2D eigenvalue weighted by Gasteiger charge is 2.28. The molecule has 1 atom stereocenters. The van der Waals surface area contributed by atoms with Gasteiger partial charge in [0.2, 0.25) is 5.91 Å². The van der Waals surface area contributed by atoms with Crippen molar-refractivity contribution in [2.45, 2.75) is 57.9 Å². The maximum Gasteiger partial charge on any atom is 0.330 e. The minimum atomic E-state index is -0.394. The Hall–Kier alpha value is -2.08. The number of likely N-dealkylation sites (tertiary alicyclic amines) is 1. The lowest BCUT2D eigenvalue weighted by Gasteiger charge is -2.24. The summed E-state index contributed by atoms with van der Waals surface area (Å²) in [5, 5.41) is 3.85. The van der Waals surface area contributed by atoms with Gasteiger partial charge in [0.05, 0.1) is 11.6 Å². The van der Waals surface area contributed by atoms with Gasteiger partial charge in [-0.2, -0.15) is 0 Å². The van der Waals surface area contributed by atoms with Gasteiger partial charge in [-0.05, 0) is 49.8 Å². The average Bonchev–Trinajstić information content (AvgIpc) is 3.18. The predicted molar refractivity (Wildman–Crippen MR) is 115 cm³/mol. The van der Waals surface area contributed by atoms with E-state index in [1.54, 1.807) is 25.3 Å². The number of pyridine rings is 1. The topological polar surface area (TPSA) is 71.5 Å². The molecule has 1 aromatic heterocycles. The molecule has 1 N–H and O–H groups in total. The summed E-state index contributed by atoms with van der Waals surface area (Å²) in [7, 11) is 0. The lowest BCUT2D eigenvalue weighted by molar-refractivity contribution is -0.137. The number of nitrogens with zero attached hydrogens (tertiary/aromatic N) is 2. The molecule has 29 heavy (non-hydrogen) atoms. The van der Waals surface area contributed by atoms with E-state index in [-0.39, 0.29) is 11.9 Å². The van der Waals surface area contributed by atoms with E-state index < -0.39 is 5.97 Å². The number of rotatable bonds is 7. The second-order valence-corrected chi connectivity index (χ2v) is 8.27. The van der Waals surface area contributed by atoms with Gasteiger partial charge in [0.1, 0.15) is 5.82 Å². The van der Waals surface area contributed by atoms with Crippen LogP contribution in [0.4, 0.5) is 5.82 Å². The molecule has 1 saturated carbocycles. The highest BCUT2D eigenvalue weighted by atomic mass is 35.5. The number of amides is 1. The molecule has 0 aromatic carbocycles. The summed E-state index contributed by atoms with van der Waals surface area (Å²) in [5.41, 5.74) is 0.726. The molecule has 1 saturated heterocycles. The average molecular weight is 420 g/mol. The van der Waals surface area contributed by atoms with Crippen LogP contribution < -0.4 is 5.32 Å². The summed E-state index contributed by atoms with van der Waals surface area (Å²) in [4.78, 5) is 30.4. The Kier molecular flexibility index (Phi) is 7.92. The number of anilines is 1. The first kappa shape index (κ1) is 21.6. The van der Waals surface area contributed by atoms with E-state index >= 15 is 0 Å². The lowest BCUT2D eigenvalue weighted by atomic mass is 9.87. The SMILES string of the molecule is CCOC(=O)C=Cc1cnc(N[C@@H]2CCN(C(=O)CC3CCCCC3)C2)c(Cl)c1. The highest BCUT2D eigenvalue weighted by molar-refractivity contribution is 6.33. The van der Waals surface area contributed by atoms with Gasteiger partial charge in [0.25, 0.3) is 0 Å². The van der Waals surface area contributed by atoms with Crippen LogP contribution in [0, 0.1) is 5.92 Å². The minimum absolute atomic E-state index is 0.149. The first-order valence-electron chi connectivity index (χ1n) is 10.6. The van der Waals surface area contributed by atoms with E-state index in [1.165, 1.54) is 38.2 Å². The molecule has 3 rings (SSSR count). The number of ether oxygens (including phenoxy) is 1. The molecule has 0 radical (unpaired) electrons. The summed E-state index contributed by atoms with van der Waals surface area (Å²) in [6.45, 7) is 3.57. The van der Waals surface area contributed by atoms with Gasteiger partial charge in [0, 0.05) is 37.8 Å². The van der Waals surface area contributed by atoms with Crippen molar-refractivity contribution in [1.29, 1.82) is 0 Å². The molecule has 6 nitrogen and oxygen atoms in total. The van der Waals surface area contributed by atoms with E-state index in [0.717, 1.165) is 18.5 Å². The lowest BCUT2D eigenvalue weighted by Crippen LogP contribution is -2.33. The zero-order valence-corrected chi connectivity index (χ0v) is 17.8. The molecule has 1 amide bonds. The van der Waals surface area contributed by atoms with Crippen molar-refractivity contribution in [3.63, 3.8) is 0 Å². The molecular weight excluding hydrogens is 390 g/mol. The van der Waals surface area contributed by atoms with Crippen LogP contribution in [0.25, 0.3) is 6.08 Å². The smallest absolute Gasteiger partial charge is 0.330 e. The van der Waals surface area contributed by atoms with Gasteiger partial charge >= 0.3 is 5.97 Å². The first-order chi connectivity index (χ1) is 14.0. The number of hydrogen-bond acceptors (Lipinski definition) is 5. The maximum absolute atomic E-state index is 12.6. The number of hydrogen-bond donors (Lipinski definition) is 1. The molecule has 7 heteroatoms. The van der Waals surface area contributed by atoms with Crippen molar-refractivity contribution in [1.82, 2.24) is 9.88 Å². The van der Waals surface area contributed by atoms with Crippen LogP contribution >= 0.6 is 11.6 Å². The Morgan fingerprint density at radius 1 is 1.31 bits per heavy atom. The summed E-state index contributed by atoms with van der Waals surface area (Å²) in [6.07, 6.45) is 12.4. The molecule has 1 aliphatic carbocycles. The molecule has 1 aromatic rings. The van der Waals surface area contributed by atoms with Crippen molar-refractivity contribution in [3.8, 4) is 0 Å². The van der Waals surface area contributed by atoms with Crippen LogP contribution in [-0.4, -0.2) is 47.5 Å². The molecule has 1 aliphatic heterocycles. The fourth-order valence-corrected chi connectivity index (χ4v) is 4.30. The number of nitrogens with one attached hydrogen (secondary N) is 1. The number of carbonyl (C=O) groups is 2. The summed E-state index contributed by atoms with van der Waals surface area (Å²) in [6, 6.07) is 1.91. The van der Waals surface area contributed by atoms with Gasteiger partial charge in [0.15, 0.2) is 0 Å². The monoisotopic (exact) mass is 419 g/mol. The van der Waals surface area contributed by atoms with Crippen LogP contribution in [0.3, 0.4) is 0 Å². The normalized spacial score (nSPS) is 20.2. The molecule has 2 fully saturated rings. The Morgan fingerprint density at radius 2 is 2.10 bits per heavy atom. The number of esters is 1. The van der Waals surface area contributed by atoms with Gasteiger partial charge < -0.3 is 15.0 Å². The van der Waals surface area contributed by atoms with Crippen LogP contribution in [-0.2, 0) is 14.3 Å². The van der Waals surface area contributed by atoms with Crippen LogP contribution in [0.1, 0.15) is 57.4 Å². The summed E-state index contributed by atoms with van der Waals surface area (Å²) < 4.78 is 4.86. The first-order valence-corrected chi connectivity index (χ1v) is 11.0. The minimum Gasteiger partial charge on any atom is -0.463 e.